The fourth-order valence-corrected chi connectivity index (χ4v) is 3.17. The van der Waals surface area contributed by atoms with E-state index in [1.807, 2.05) is 16.8 Å². The number of tetrazole rings is 1. The van der Waals surface area contributed by atoms with Crippen LogP contribution in [-0.4, -0.2) is 40.4 Å². The molecular weight excluding hydrogens is 352 g/mol. The first kappa shape index (κ1) is 18.0. The fourth-order valence-electron chi connectivity index (χ4n) is 3.17. The number of aromatic amines is 1. The Morgan fingerprint density at radius 1 is 1.07 bits per heavy atom. The Balaban J connectivity index is 1.60. The van der Waals surface area contributed by atoms with Crippen molar-refractivity contribution >= 4 is 0 Å². The summed E-state index contributed by atoms with van der Waals surface area (Å²) in [4.78, 5) is 9.12. The van der Waals surface area contributed by atoms with Crippen LogP contribution in [0.1, 0.15) is 37.5 Å². The smallest absolute Gasteiger partial charge is 0.198 e. The molecule has 8 nitrogen and oxygen atoms in total. The third-order valence-corrected chi connectivity index (χ3v) is 4.55. The largest absolute Gasteiger partial charge is 0.252 e. The van der Waals surface area contributed by atoms with Crippen LogP contribution in [0.4, 0.5) is 0 Å². The van der Waals surface area contributed by atoms with E-state index in [2.05, 4.69) is 73.8 Å². The number of hydrogen-bond acceptors (Lipinski definition) is 6. The van der Waals surface area contributed by atoms with Crippen molar-refractivity contribution in [2.45, 2.75) is 39.7 Å². The lowest BCUT2D eigenvalue weighted by atomic mass is 10.0. The van der Waals surface area contributed by atoms with Crippen LogP contribution in [0.5, 0.6) is 0 Å². The van der Waals surface area contributed by atoms with E-state index in [0.29, 0.717) is 5.82 Å². The predicted molar refractivity (Wildman–Crippen MR) is 105 cm³/mol. The summed E-state index contributed by atoms with van der Waals surface area (Å²) in [5.41, 5.74) is 3.97. The monoisotopic (exact) mass is 374 g/mol. The first-order valence-electron chi connectivity index (χ1n) is 9.49. The van der Waals surface area contributed by atoms with E-state index in [4.69, 9.17) is 0 Å². The molecule has 0 aliphatic heterocycles. The molecule has 0 unspecified atom stereocenters. The summed E-state index contributed by atoms with van der Waals surface area (Å²) in [5, 5.41) is 18.7. The summed E-state index contributed by atoms with van der Waals surface area (Å²) in [5.74, 6) is 2.47. The summed E-state index contributed by atoms with van der Waals surface area (Å²) in [6.07, 6.45) is 4.39. The molecule has 0 saturated heterocycles. The summed E-state index contributed by atoms with van der Waals surface area (Å²) in [6, 6.07) is 12.4. The zero-order chi connectivity index (χ0) is 19.3. The third kappa shape index (κ3) is 3.66. The second-order valence-corrected chi connectivity index (χ2v) is 6.54. The van der Waals surface area contributed by atoms with Crippen molar-refractivity contribution in [1.82, 2.24) is 40.4 Å². The molecule has 0 amide bonds. The average Bonchev–Trinajstić information content (AvgIpc) is 3.39. The zero-order valence-corrected chi connectivity index (χ0v) is 16.0. The van der Waals surface area contributed by atoms with E-state index < -0.39 is 0 Å². The fraction of sp³-hybridized carbons (Fsp3) is 0.300. The number of hydrogen-bond donors (Lipinski definition) is 1. The highest BCUT2D eigenvalue weighted by Crippen LogP contribution is 2.28. The van der Waals surface area contributed by atoms with Crippen molar-refractivity contribution < 1.29 is 0 Å². The Morgan fingerprint density at radius 2 is 1.93 bits per heavy atom. The Kier molecular flexibility index (Phi) is 5.18. The van der Waals surface area contributed by atoms with Gasteiger partial charge < -0.3 is 0 Å². The molecule has 28 heavy (non-hydrogen) atoms. The minimum absolute atomic E-state index is 0.555. The lowest BCUT2D eigenvalue weighted by Crippen LogP contribution is -2.06. The second-order valence-electron chi connectivity index (χ2n) is 6.54. The normalized spacial score (nSPS) is 11.1. The molecule has 0 aliphatic carbocycles. The van der Waals surface area contributed by atoms with Gasteiger partial charge in [-0.2, -0.15) is 5.10 Å². The Labute approximate surface area is 163 Å². The summed E-state index contributed by atoms with van der Waals surface area (Å²) < 4.78 is 2.03. The van der Waals surface area contributed by atoms with Gasteiger partial charge in [-0.05, 0) is 34.0 Å². The maximum Gasteiger partial charge on any atom is 0.198 e. The molecule has 1 aromatic carbocycles. The molecule has 3 aromatic heterocycles. The number of rotatable bonds is 7. The molecule has 8 heteroatoms. The van der Waals surface area contributed by atoms with Gasteiger partial charge in [-0.3, -0.25) is 4.98 Å². The Morgan fingerprint density at radius 3 is 2.64 bits per heavy atom. The summed E-state index contributed by atoms with van der Waals surface area (Å²) in [6.45, 7) is 5.13. The van der Waals surface area contributed by atoms with E-state index in [1.165, 1.54) is 5.56 Å². The molecule has 0 saturated carbocycles. The highest BCUT2D eigenvalue weighted by Gasteiger charge is 2.13. The Bertz CT molecular complexity index is 1030. The third-order valence-electron chi connectivity index (χ3n) is 4.55. The summed E-state index contributed by atoms with van der Waals surface area (Å²) >= 11 is 0. The molecule has 0 bridgehead atoms. The molecule has 1 N–H and O–H groups in total. The molecule has 4 rings (SSSR count). The number of pyridine rings is 1. The maximum absolute atomic E-state index is 4.69. The molecule has 0 aliphatic rings. The maximum atomic E-state index is 4.69. The van der Waals surface area contributed by atoms with Crippen LogP contribution in [-0.2, 0) is 19.4 Å². The number of nitrogens with one attached hydrogen (secondary N) is 1. The Hall–Kier alpha value is -3.42. The van der Waals surface area contributed by atoms with Crippen molar-refractivity contribution in [2.75, 3.05) is 0 Å². The SMILES string of the molecule is CCCn1nc(CC)nc1Cc1ccc(-c2cccnc2-c2nnn[nH]2)cc1. The number of nitrogens with zero attached hydrogens (tertiary/aromatic N) is 7. The second kappa shape index (κ2) is 8.08. The number of aryl methyl sites for hydroxylation is 2. The van der Waals surface area contributed by atoms with Crippen LogP contribution in [0.3, 0.4) is 0 Å². The van der Waals surface area contributed by atoms with Crippen molar-refractivity contribution in [2.24, 2.45) is 0 Å². The van der Waals surface area contributed by atoms with Gasteiger partial charge in [0.1, 0.15) is 11.5 Å². The number of benzene rings is 1. The molecule has 0 atom stereocenters. The van der Waals surface area contributed by atoms with Gasteiger partial charge in [-0.1, -0.05) is 44.2 Å². The number of H-pyrrole nitrogens is 1. The topological polar surface area (TPSA) is 98.1 Å². The van der Waals surface area contributed by atoms with Gasteiger partial charge in [0.25, 0.3) is 0 Å². The van der Waals surface area contributed by atoms with Crippen LogP contribution in [0.25, 0.3) is 22.6 Å². The molecule has 4 aromatic rings. The van der Waals surface area contributed by atoms with Crippen LogP contribution < -0.4 is 0 Å². The van der Waals surface area contributed by atoms with Crippen LogP contribution in [0.2, 0.25) is 0 Å². The van der Waals surface area contributed by atoms with Crippen molar-refractivity contribution in [1.29, 1.82) is 0 Å². The molecule has 0 spiro atoms. The highest BCUT2D eigenvalue weighted by atomic mass is 15.5. The van der Waals surface area contributed by atoms with Gasteiger partial charge >= 0.3 is 0 Å². The van der Waals surface area contributed by atoms with Gasteiger partial charge in [0.2, 0.25) is 0 Å². The van der Waals surface area contributed by atoms with E-state index in [0.717, 1.165) is 54.3 Å². The lowest BCUT2D eigenvalue weighted by Gasteiger charge is -2.08. The molecule has 142 valence electrons. The molecule has 3 heterocycles. The lowest BCUT2D eigenvalue weighted by molar-refractivity contribution is 0.571. The standard InChI is InChI=1S/C20H22N8/c1-3-12-28-18(22-17(4-2)25-28)13-14-7-9-15(10-8-14)16-6-5-11-21-19(16)20-23-26-27-24-20/h5-11H,3-4,12-13H2,1-2H3,(H,23,24,26,27). The van der Waals surface area contributed by atoms with E-state index in [1.54, 1.807) is 6.20 Å². The van der Waals surface area contributed by atoms with Crippen molar-refractivity contribution in [3.63, 3.8) is 0 Å². The first-order chi connectivity index (χ1) is 13.8. The first-order valence-corrected chi connectivity index (χ1v) is 9.49. The van der Waals surface area contributed by atoms with Crippen LogP contribution >= 0.6 is 0 Å². The molecule has 0 radical (unpaired) electrons. The molecular formula is C20H22N8. The van der Waals surface area contributed by atoms with Gasteiger partial charge in [0, 0.05) is 31.1 Å². The molecule has 0 fully saturated rings. The van der Waals surface area contributed by atoms with E-state index in [9.17, 15) is 0 Å². The van der Waals surface area contributed by atoms with Gasteiger partial charge in [-0.15, -0.1) is 5.10 Å². The van der Waals surface area contributed by atoms with Gasteiger partial charge in [-0.25, -0.2) is 14.8 Å². The minimum atomic E-state index is 0.555. The van der Waals surface area contributed by atoms with Gasteiger partial charge in [0.05, 0.1) is 0 Å². The van der Waals surface area contributed by atoms with Crippen LogP contribution in [0, 0.1) is 0 Å². The average molecular weight is 374 g/mol. The predicted octanol–water partition coefficient (Wildman–Crippen LogP) is 3.08. The number of aromatic nitrogens is 8. The summed E-state index contributed by atoms with van der Waals surface area (Å²) in [7, 11) is 0. The zero-order valence-electron chi connectivity index (χ0n) is 16.0. The van der Waals surface area contributed by atoms with E-state index in [-0.39, 0.29) is 0 Å². The van der Waals surface area contributed by atoms with E-state index >= 15 is 0 Å². The minimum Gasteiger partial charge on any atom is -0.252 e. The quantitative estimate of drug-likeness (QED) is 0.534. The van der Waals surface area contributed by atoms with Gasteiger partial charge in [0.15, 0.2) is 11.6 Å². The van der Waals surface area contributed by atoms with Crippen molar-refractivity contribution in [3.8, 4) is 22.6 Å². The van der Waals surface area contributed by atoms with Crippen LogP contribution in [0.15, 0.2) is 42.6 Å². The van der Waals surface area contributed by atoms with Crippen molar-refractivity contribution in [3.05, 3.63) is 59.8 Å². The highest BCUT2D eigenvalue weighted by molar-refractivity contribution is 5.77.